The number of nitrogens with one attached hydrogen (secondary N) is 1. The van der Waals surface area contributed by atoms with Crippen molar-refractivity contribution >= 4 is 33.0 Å². The van der Waals surface area contributed by atoms with Crippen molar-refractivity contribution in [3.05, 3.63) is 33.7 Å². The van der Waals surface area contributed by atoms with Gasteiger partial charge in [-0.25, -0.2) is 4.68 Å². The largest absolute Gasteiger partial charge is 0.379 e. The van der Waals surface area contributed by atoms with Gasteiger partial charge in [-0.1, -0.05) is 0 Å². The van der Waals surface area contributed by atoms with Crippen LogP contribution >= 0.6 is 11.3 Å². The second-order valence-electron chi connectivity index (χ2n) is 7.02. The Morgan fingerprint density at radius 1 is 1.29 bits per heavy atom. The molecule has 0 spiro atoms. The SMILES string of the molecule is Cc1nn(CCCC(=O)NCCN2CCOCC2)c(=O)c2cc3sccc3n12. The van der Waals surface area contributed by atoms with Crippen molar-refractivity contribution < 1.29 is 9.53 Å². The number of ether oxygens (including phenoxy) is 1. The van der Waals surface area contributed by atoms with E-state index in [0.717, 1.165) is 48.9 Å². The van der Waals surface area contributed by atoms with E-state index in [1.165, 1.54) is 4.68 Å². The third-order valence-electron chi connectivity index (χ3n) is 5.09. The van der Waals surface area contributed by atoms with Gasteiger partial charge in [-0.05, 0) is 30.9 Å². The standard InChI is InChI=1S/C19H25N5O3S/c1-14-21-23(19(26)16-13-17-15(24(14)16)4-12-28-17)6-2-3-18(25)20-5-7-22-8-10-27-11-9-22/h4,12-13H,2-3,5-11H2,1H3,(H,20,25). The molecule has 0 unspecified atom stereocenters. The van der Waals surface area contributed by atoms with Crippen LogP contribution in [0.1, 0.15) is 18.7 Å². The minimum absolute atomic E-state index is 0.0160. The Morgan fingerprint density at radius 2 is 2.11 bits per heavy atom. The summed E-state index contributed by atoms with van der Waals surface area (Å²) in [6.07, 6.45) is 0.971. The van der Waals surface area contributed by atoms with Crippen molar-refractivity contribution in [2.45, 2.75) is 26.3 Å². The zero-order valence-electron chi connectivity index (χ0n) is 16.0. The average Bonchev–Trinajstić information content (AvgIpc) is 3.28. The van der Waals surface area contributed by atoms with Crippen LogP contribution in [0.15, 0.2) is 22.3 Å². The molecule has 8 nitrogen and oxygen atoms in total. The molecule has 0 radical (unpaired) electrons. The van der Waals surface area contributed by atoms with Gasteiger partial charge < -0.3 is 10.1 Å². The lowest BCUT2D eigenvalue weighted by molar-refractivity contribution is -0.121. The van der Waals surface area contributed by atoms with Gasteiger partial charge in [-0.15, -0.1) is 11.3 Å². The first-order chi connectivity index (χ1) is 13.6. The third kappa shape index (κ3) is 3.96. The average molecular weight is 404 g/mol. The van der Waals surface area contributed by atoms with Crippen LogP contribution in [-0.4, -0.2) is 64.4 Å². The third-order valence-corrected chi connectivity index (χ3v) is 5.95. The number of thiophene rings is 1. The lowest BCUT2D eigenvalue weighted by Crippen LogP contribution is -2.41. The first-order valence-electron chi connectivity index (χ1n) is 9.66. The second kappa shape index (κ2) is 8.42. The van der Waals surface area contributed by atoms with Crippen molar-refractivity contribution in [3.63, 3.8) is 0 Å². The van der Waals surface area contributed by atoms with Gasteiger partial charge in [0.2, 0.25) is 5.91 Å². The maximum atomic E-state index is 12.7. The first-order valence-corrected chi connectivity index (χ1v) is 10.5. The van der Waals surface area contributed by atoms with Gasteiger partial charge >= 0.3 is 0 Å². The predicted molar refractivity (Wildman–Crippen MR) is 109 cm³/mol. The minimum atomic E-state index is -0.110. The van der Waals surface area contributed by atoms with Crippen molar-refractivity contribution in [1.29, 1.82) is 0 Å². The van der Waals surface area contributed by atoms with E-state index in [9.17, 15) is 9.59 Å². The monoisotopic (exact) mass is 403 g/mol. The van der Waals surface area contributed by atoms with E-state index < -0.39 is 0 Å². The van der Waals surface area contributed by atoms with Gasteiger partial charge in [0.05, 0.1) is 23.4 Å². The van der Waals surface area contributed by atoms with Gasteiger partial charge in [0, 0.05) is 39.1 Å². The van der Waals surface area contributed by atoms with E-state index in [4.69, 9.17) is 4.74 Å². The predicted octanol–water partition coefficient (Wildman–Crippen LogP) is 1.25. The highest BCUT2D eigenvalue weighted by molar-refractivity contribution is 7.17. The highest BCUT2D eigenvalue weighted by Gasteiger charge is 2.13. The molecule has 4 heterocycles. The highest BCUT2D eigenvalue weighted by atomic mass is 32.1. The van der Waals surface area contributed by atoms with Crippen LogP contribution < -0.4 is 10.9 Å². The maximum absolute atomic E-state index is 12.7. The molecular weight excluding hydrogens is 378 g/mol. The van der Waals surface area contributed by atoms with Crippen molar-refractivity contribution in [1.82, 2.24) is 24.4 Å². The number of nitrogens with zero attached hydrogens (tertiary/aromatic N) is 4. The number of amides is 1. The van der Waals surface area contributed by atoms with Gasteiger partial charge in [0.15, 0.2) is 0 Å². The molecular formula is C19H25N5O3S. The van der Waals surface area contributed by atoms with E-state index >= 15 is 0 Å². The summed E-state index contributed by atoms with van der Waals surface area (Å²) in [4.78, 5) is 27.1. The number of carbonyl (C=O) groups excluding carboxylic acids is 1. The fraction of sp³-hybridized carbons (Fsp3) is 0.526. The molecule has 9 heteroatoms. The number of hydrogen-bond donors (Lipinski definition) is 1. The molecule has 3 aromatic heterocycles. The summed E-state index contributed by atoms with van der Waals surface area (Å²) in [6.45, 7) is 7.19. The molecule has 1 saturated heterocycles. The maximum Gasteiger partial charge on any atom is 0.291 e. The number of rotatable bonds is 7. The zero-order valence-corrected chi connectivity index (χ0v) is 16.8. The molecule has 3 aromatic rings. The van der Waals surface area contributed by atoms with Crippen molar-refractivity contribution in [2.75, 3.05) is 39.4 Å². The molecule has 0 aromatic carbocycles. The van der Waals surface area contributed by atoms with Crippen LogP contribution in [0.5, 0.6) is 0 Å². The Morgan fingerprint density at radius 3 is 2.93 bits per heavy atom. The summed E-state index contributed by atoms with van der Waals surface area (Å²) in [5.41, 5.74) is 1.56. The first kappa shape index (κ1) is 19.1. The number of fused-ring (bicyclic) bond motifs is 3. The molecule has 0 atom stereocenters. The summed E-state index contributed by atoms with van der Waals surface area (Å²) in [7, 11) is 0. The quantitative estimate of drug-likeness (QED) is 0.642. The summed E-state index contributed by atoms with van der Waals surface area (Å²) in [5.74, 6) is 0.792. The highest BCUT2D eigenvalue weighted by Crippen LogP contribution is 2.24. The number of hydrogen-bond acceptors (Lipinski definition) is 6. The Balaban J connectivity index is 1.31. The van der Waals surface area contributed by atoms with E-state index in [1.54, 1.807) is 11.3 Å². The minimum Gasteiger partial charge on any atom is -0.379 e. The molecule has 1 amide bonds. The van der Waals surface area contributed by atoms with Crippen LogP contribution in [0, 0.1) is 6.92 Å². The van der Waals surface area contributed by atoms with Crippen LogP contribution in [0.25, 0.3) is 15.7 Å². The molecule has 150 valence electrons. The molecule has 28 heavy (non-hydrogen) atoms. The van der Waals surface area contributed by atoms with Gasteiger partial charge in [0.1, 0.15) is 11.3 Å². The van der Waals surface area contributed by atoms with Crippen LogP contribution in [0.3, 0.4) is 0 Å². The summed E-state index contributed by atoms with van der Waals surface area (Å²) in [6, 6.07) is 3.93. The van der Waals surface area contributed by atoms with Gasteiger partial charge in [-0.3, -0.25) is 18.9 Å². The summed E-state index contributed by atoms with van der Waals surface area (Å²) in [5, 5.41) is 9.41. The van der Waals surface area contributed by atoms with E-state index in [2.05, 4.69) is 15.3 Å². The van der Waals surface area contributed by atoms with Crippen molar-refractivity contribution in [2.24, 2.45) is 0 Å². The Bertz CT molecular complexity index is 1030. The molecule has 1 fully saturated rings. The Hall–Kier alpha value is -2.23. The Kier molecular flexibility index (Phi) is 5.74. The van der Waals surface area contributed by atoms with Gasteiger partial charge in [-0.2, -0.15) is 5.10 Å². The summed E-state index contributed by atoms with van der Waals surface area (Å²) >= 11 is 1.62. The smallest absolute Gasteiger partial charge is 0.291 e. The zero-order chi connectivity index (χ0) is 19.5. The fourth-order valence-corrected chi connectivity index (χ4v) is 4.44. The van der Waals surface area contributed by atoms with Crippen LogP contribution in [0.2, 0.25) is 0 Å². The summed E-state index contributed by atoms with van der Waals surface area (Å²) < 4.78 is 9.79. The molecule has 0 saturated carbocycles. The second-order valence-corrected chi connectivity index (χ2v) is 7.97. The number of aryl methyl sites for hydroxylation is 2. The van der Waals surface area contributed by atoms with Crippen molar-refractivity contribution in [3.8, 4) is 0 Å². The topological polar surface area (TPSA) is 80.9 Å². The van der Waals surface area contributed by atoms with Gasteiger partial charge in [0.25, 0.3) is 5.56 Å². The number of aromatic nitrogens is 3. The lowest BCUT2D eigenvalue weighted by atomic mass is 10.3. The Labute approximate surface area is 166 Å². The van der Waals surface area contributed by atoms with Crippen LogP contribution in [-0.2, 0) is 16.1 Å². The molecule has 0 aliphatic carbocycles. The van der Waals surface area contributed by atoms with E-state index in [-0.39, 0.29) is 11.5 Å². The number of morpholine rings is 1. The molecule has 1 aliphatic heterocycles. The molecule has 4 rings (SSSR count). The molecule has 0 bridgehead atoms. The van der Waals surface area contributed by atoms with E-state index in [0.29, 0.717) is 31.4 Å². The lowest BCUT2D eigenvalue weighted by Gasteiger charge is -2.26. The molecule has 1 N–H and O–H groups in total. The fourth-order valence-electron chi connectivity index (χ4n) is 3.64. The number of carbonyl (C=O) groups is 1. The molecule has 1 aliphatic rings. The normalized spacial score (nSPS) is 15.5. The van der Waals surface area contributed by atoms with E-state index in [1.807, 2.05) is 28.8 Å². The van der Waals surface area contributed by atoms with Crippen LogP contribution in [0.4, 0.5) is 0 Å².